The Bertz CT molecular complexity index is 873. The Kier molecular flexibility index (Phi) is 4.09. The molecule has 1 aliphatic carbocycles. The third kappa shape index (κ3) is 2.62. The molecule has 2 fully saturated rings. The van der Waals surface area contributed by atoms with Gasteiger partial charge in [0.2, 0.25) is 0 Å². The molecule has 1 saturated heterocycles. The van der Waals surface area contributed by atoms with E-state index in [0.717, 1.165) is 30.6 Å². The highest BCUT2D eigenvalue weighted by atomic mass is 16.5. The van der Waals surface area contributed by atoms with Gasteiger partial charge in [-0.05, 0) is 31.4 Å². The van der Waals surface area contributed by atoms with Crippen molar-refractivity contribution >= 4 is 23.0 Å². The number of imidazole rings is 1. The summed E-state index contributed by atoms with van der Waals surface area (Å²) in [5, 5.41) is 6.02. The maximum absolute atomic E-state index is 12.2. The lowest BCUT2D eigenvalue weighted by Gasteiger charge is -2.33. The van der Waals surface area contributed by atoms with Crippen LogP contribution in [0.2, 0.25) is 0 Å². The number of ether oxygens (including phenoxy) is 1. The smallest absolute Gasteiger partial charge is 0.340 e. The van der Waals surface area contributed by atoms with Crippen molar-refractivity contribution in [1.29, 1.82) is 0 Å². The first-order valence-electron chi connectivity index (χ1n) is 9.15. The number of nitrogens with zero attached hydrogens (tertiary/aromatic N) is 2. The Morgan fingerprint density at radius 2 is 2.04 bits per heavy atom. The summed E-state index contributed by atoms with van der Waals surface area (Å²) in [5.74, 6) is 0.825. The van der Waals surface area contributed by atoms with E-state index in [2.05, 4.69) is 29.0 Å². The zero-order valence-electron chi connectivity index (χ0n) is 15.3. The monoisotopic (exact) mass is 356 g/mol. The van der Waals surface area contributed by atoms with Crippen molar-refractivity contribution < 1.29 is 14.3 Å². The standard InChI is InChI=1S/C19H24N4O3/c1-10(2)17-22-16-12(18(24)26-3)5-4-6-15(16)23(17)11-7-8-13-14(9-11)21-19(25)20-13/h4-6,10-11,13-14H,7-9H2,1-3H3,(H2,20,21,25). The number of aromatic nitrogens is 2. The minimum absolute atomic E-state index is 0.0757. The van der Waals surface area contributed by atoms with E-state index >= 15 is 0 Å². The average molecular weight is 356 g/mol. The Morgan fingerprint density at radius 3 is 2.77 bits per heavy atom. The van der Waals surface area contributed by atoms with Gasteiger partial charge in [-0.2, -0.15) is 0 Å². The average Bonchev–Trinajstić information content (AvgIpc) is 3.19. The zero-order chi connectivity index (χ0) is 18.4. The number of esters is 1. The van der Waals surface area contributed by atoms with E-state index < -0.39 is 0 Å². The van der Waals surface area contributed by atoms with Crippen LogP contribution in [-0.2, 0) is 4.74 Å². The minimum Gasteiger partial charge on any atom is -0.465 e. The molecule has 4 rings (SSSR count). The lowest BCUT2D eigenvalue weighted by atomic mass is 9.87. The van der Waals surface area contributed by atoms with Crippen LogP contribution in [0.15, 0.2) is 18.2 Å². The van der Waals surface area contributed by atoms with Crippen molar-refractivity contribution in [3.63, 3.8) is 0 Å². The van der Waals surface area contributed by atoms with E-state index in [1.54, 1.807) is 6.07 Å². The van der Waals surface area contributed by atoms with E-state index in [1.165, 1.54) is 7.11 Å². The number of hydrogen-bond donors (Lipinski definition) is 2. The molecule has 26 heavy (non-hydrogen) atoms. The van der Waals surface area contributed by atoms with Crippen molar-refractivity contribution in [1.82, 2.24) is 20.2 Å². The first kappa shape index (κ1) is 16.9. The summed E-state index contributed by atoms with van der Waals surface area (Å²) in [5.41, 5.74) is 2.14. The fraction of sp³-hybridized carbons (Fsp3) is 0.526. The van der Waals surface area contributed by atoms with Crippen LogP contribution in [0.4, 0.5) is 4.79 Å². The van der Waals surface area contributed by atoms with Gasteiger partial charge in [0.15, 0.2) is 0 Å². The number of benzene rings is 1. The van der Waals surface area contributed by atoms with E-state index in [1.807, 2.05) is 12.1 Å². The van der Waals surface area contributed by atoms with Crippen molar-refractivity contribution in [3.8, 4) is 0 Å². The van der Waals surface area contributed by atoms with E-state index in [9.17, 15) is 9.59 Å². The summed E-state index contributed by atoms with van der Waals surface area (Å²) in [6.07, 6.45) is 2.76. The van der Waals surface area contributed by atoms with Crippen LogP contribution in [0.1, 0.15) is 61.3 Å². The molecule has 7 heteroatoms. The molecule has 1 aromatic heterocycles. The molecule has 0 radical (unpaired) electrons. The molecule has 1 saturated carbocycles. The Morgan fingerprint density at radius 1 is 1.27 bits per heavy atom. The van der Waals surface area contributed by atoms with Gasteiger partial charge in [-0.1, -0.05) is 19.9 Å². The molecule has 138 valence electrons. The number of para-hydroxylation sites is 1. The number of nitrogens with one attached hydrogen (secondary N) is 2. The molecule has 1 aliphatic heterocycles. The molecule has 2 aliphatic rings. The van der Waals surface area contributed by atoms with Crippen LogP contribution in [-0.4, -0.2) is 40.7 Å². The molecule has 3 atom stereocenters. The molecule has 2 amide bonds. The largest absolute Gasteiger partial charge is 0.465 e. The predicted octanol–water partition coefficient (Wildman–Crippen LogP) is 2.72. The number of carbonyl (C=O) groups is 2. The Labute approximate surface area is 152 Å². The summed E-state index contributed by atoms with van der Waals surface area (Å²) < 4.78 is 7.20. The third-order valence-electron chi connectivity index (χ3n) is 5.49. The molecule has 0 bridgehead atoms. The molecular formula is C19H24N4O3. The molecule has 0 spiro atoms. The molecule has 7 nitrogen and oxygen atoms in total. The second kappa shape index (κ2) is 6.30. The third-order valence-corrected chi connectivity index (χ3v) is 5.49. The van der Waals surface area contributed by atoms with Crippen molar-refractivity contribution in [3.05, 3.63) is 29.6 Å². The van der Waals surface area contributed by atoms with Crippen LogP contribution in [0.3, 0.4) is 0 Å². The minimum atomic E-state index is -0.369. The van der Waals surface area contributed by atoms with Gasteiger partial charge in [-0.15, -0.1) is 0 Å². The number of hydrogen-bond acceptors (Lipinski definition) is 4. The predicted molar refractivity (Wildman–Crippen MR) is 97.3 cm³/mol. The number of rotatable bonds is 3. The van der Waals surface area contributed by atoms with Gasteiger partial charge in [0.1, 0.15) is 11.3 Å². The molecular weight excluding hydrogens is 332 g/mol. The van der Waals surface area contributed by atoms with E-state index in [4.69, 9.17) is 9.72 Å². The second-order valence-electron chi connectivity index (χ2n) is 7.46. The SMILES string of the molecule is COC(=O)c1cccc2c1nc(C(C)C)n2C1CCC2NC(=O)NC2C1. The number of urea groups is 1. The highest BCUT2D eigenvalue weighted by Gasteiger charge is 2.38. The maximum atomic E-state index is 12.2. The highest BCUT2D eigenvalue weighted by molar-refractivity contribution is 6.02. The quantitative estimate of drug-likeness (QED) is 0.828. The Hall–Kier alpha value is -2.57. The van der Waals surface area contributed by atoms with Crippen molar-refractivity contribution in [2.75, 3.05) is 7.11 Å². The van der Waals surface area contributed by atoms with Gasteiger partial charge in [-0.3, -0.25) is 0 Å². The lowest BCUT2D eigenvalue weighted by molar-refractivity contribution is 0.0602. The molecule has 3 unspecified atom stereocenters. The zero-order valence-corrected chi connectivity index (χ0v) is 15.3. The van der Waals surface area contributed by atoms with Crippen LogP contribution >= 0.6 is 0 Å². The number of methoxy groups -OCH3 is 1. The summed E-state index contributed by atoms with van der Waals surface area (Å²) in [4.78, 5) is 28.6. The van der Waals surface area contributed by atoms with Gasteiger partial charge < -0.3 is 19.9 Å². The maximum Gasteiger partial charge on any atom is 0.340 e. The van der Waals surface area contributed by atoms with Crippen LogP contribution in [0.5, 0.6) is 0 Å². The fourth-order valence-corrected chi connectivity index (χ4v) is 4.29. The van der Waals surface area contributed by atoms with Crippen molar-refractivity contribution in [2.45, 2.75) is 57.2 Å². The number of amides is 2. The molecule has 2 aromatic rings. The number of fused-ring (bicyclic) bond motifs is 2. The van der Waals surface area contributed by atoms with E-state index in [-0.39, 0.29) is 36.0 Å². The summed E-state index contributed by atoms with van der Waals surface area (Å²) in [7, 11) is 1.39. The van der Waals surface area contributed by atoms with Gasteiger partial charge >= 0.3 is 12.0 Å². The summed E-state index contributed by atoms with van der Waals surface area (Å²) in [6.45, 7) is 4.22. The normalized spacial score (nSPS) is 25.1. The first-order valence-corrected chi connectivity index (χ1v) is 9.15. The van der Waals surface area contributed by atoms with Crippen LogP contribution in [0, 0.1) is 0 Å². The summed E-state index contributed by atoms with van der Waals surface area (Å²) >= 11 is 0. The second-order valence-corrected chi connectivity index (χ2v) is 7.46. The highest BCUT2D eigenvalue weighted by Crippen LogP contribution is 2.36. The fourth-order valence-electron chi connectivity index (χ4n) is 4.29. The van der Waals surface area contributed by atoms with Crippen LogP contribution < -0.4 is 10.6 Å². The summed E-state index contributed by atoms with van der Waals surface area (Å²) in [6, 6.07) is 6.16. The van der Waals surface area contributed by atoms with Gasteiger partial charge in [0.25, 0.3) is 0 Å². The van der Waals surface area contributed by atoms with Gasteiger partial charge in [0.05, 0.1) is 30.3 Å². The van der Waals surface area contributed by atoms with Gasteiger partial charge in [0, 0.05) is 12.0 Å². The topological polar surface area (TPSA) is 85.2 Å². The van der Waals surface area contributed by atoms with Crippen LogP contribution in [0.25, 0.3) is 11.0 Å². The lowest BCUT2D eigenvalue weighted by Crippen LogP contribution is -2.40. The molecule has 2 heterocycles. The Balaban J connectivity index is 1.80. The van der Waals surface area contributed by atoms with Gasteiger partial charge in [-0.25, -0.2) is 14.6 Å². The van der Waals surface area contributed by atoms with E-state index in [0.29, 0.717) is 11.1 Å². The first-order chi connectivity index (χ1) is 12.5. The number of carbonyl (C=O) groups excluding carboxylic acids is 2. The molecule has 1 aromatic carbocycles. The van der Waals surface area contributed by atoms with Crippen molar-refractivity contribution in [2.24, 2.45) is 0 Å². The molecule has 2 N–H and O–H groups in total.